The molecular formula is C24H36N2. The van der Waals surface area contributed by atoms with Gasteiger partial charge in [0, 0.05) is 18.6 Å². The Morgan fingerprint density at radius 2 is 1.85 bits per heavy atom. The van der Waals surface area contributed by atoms with Crippen molar-refractivity contribution >= 4 is 0 Å². The average molecular weight is 353 g/mol. The minimum absolute atomic E-state index is 0.474. The SMILES string of the molecule is CCC12CC3CC(c4ccccc4)(C1)CC2(CN[C@H]1CCN[C@@H](C)C1)C3. The van der Waals surface area contributed by atoms with Gasteiger partial charge in [0.05, 0.1) is 0 Å². The summed E-state index contributed by atoms with van der Waals surface area (Å²) in [5.74, 6) is 0.964. The van der Waals surface area contributed by atoms with Gasteiger partial charge in [-0.05, 0) is 92.6 Å². The first-order valence-electron chi connectivity index (χ1n) is 11.1. The van der Waals surface area contributed by atoms with E-state index in [0.29, 0.717) is 22.3 Å². The van der Waals surface area contributed by atoms with E-state index in [1.807, 2.05) is 0 Å². The molecule has 4 saturated carbocycles. The third-order valence-electron chi connectivity index (χ3n) is 8.93. The first kappa shape index (κ1) is 17.3. The molecule has 142 valence electrons. The summed E-state index contributed by atoms with van der Waals surface area (Å²) in [6.07, 6.45) is 11.3. The fourth-order valence-electron chi connectivity index (χ4n) is 8.07. The van der Waals surface area contributed by atoms with E-state index < -0.39 is 0 Å². The van der Waals surface area contributed by atoms with Gasteiger partial charge in [0.25, 0.3) is 0 Å². The van der Waals surface area contributed by atoms with Gasteiger partial charge in [-0.25, -0.2) is 0 Å². The van der Waals surface area contributed by atoms with Crippen molar-refractivity contribution in [2.45, 2.75) is 82.7 Å². The number of rotatable bonds is 5. The number of piperidine rings is 1. The zero-order valence-corrected chi connectivity index (χ0v) is 16.7. The molecule has 2 N–H and O–H groups in total. The van der Waals surface area contributed by atoms with E-state index in [0.717, 1.165) is 12.0 Å². The highest BCUT2D eigenvalue weighted by molar-refractivity contribution is 5.35. The topological polar surface area (TPSA) is 24.1 Å². The Hall–Kier alpha value is -0.860. The van der Waals surface area contributed by atoms with Crippen LogP contribution in [0.25, 0.3) is 0 Å². The lowest BCUT2D eigenvalue weighted by molar-refractivity contribution is 0.0959. The molecule has 0 aromatic heterocycles. The van der Waals surface area contributed by atoms with Crippen molar-refractivity contribution in [3.63, 3.8) is 0 Å². The Morgan fingerprint density at radius 1 is 1.08 bits per heavy atom. The number of benzene rings is 1. The number of hydrogen-bond donors (Lipinski definition) is 2. The first-order chi connectivity index (χ1) is 12.6. The fraction of sp³-hybridized carbons (Fsp3) is 0.750. The average Bonchev–Trinajstić information content (AvgIpc) is 3.00. The Bertz CT molecular complexity index is 657. The highest BCUT2D eigenvalue weighted by atomic mass is 15.0. The molecule has 2 heteroatoms. The second-order valence-electron chi connectivity index (χ2n) is 10.3. The van der Waals surface area contributed by atoms with Crippen molar-refractivity contribution in [2.24, 2.45) is 16.7 Å². The van der Waals surface area contributed by atoms with Crippen LogP contribution in [-0.4, -0.2) is 25.2 Å². The van der Waals surface area contributed by atoms with E-state index in [2.05, 4.69) is 54.8 Å². The van der Waals surface area contributed by atoms with Crippen LogP contribution in [0.15, 0.2) is 30.3 Å². The highest BCUT2D eigenvalue weighted by Crippen LogP contribution is 2.77. The Labute approximate surface area is 159 Å². The smallest absolute Gasteiger partial charge is 0.00940 e. The lowest BCUT2D eigenvalue weighted by Gasteiger charge is -2.42. The summed E-state index contributed by atoms with van der Waals surface area (Å²) >= 11 is 0. The van der Waals surface area contributed by atoms with E-state index in [-0.39, 0.29) is 0 Å². The van der Waals surface area contributed by atoms with Crippen LogP contribution in [0.2, 0.25) is 0 Å². The zero-order valence-electron chi connectivity index (χ0n) is 16.7. The summed E-state index contributed by atoms with van der Waals surface area (Å²) in [7, 11) is 0. The van der Waals surface area contributed by atoms with Crippen LogP contribution < -0.4 is 10.6 Å². The highest BCUT2D eigenvalue weighted by Gasteiger charge is 2.70. The van der Waals surface area contributed by atoms with Gasteiger partial charge >= 0.3 is 0 Å². The summed E-state index contributed by atoms with van der Waals surface area (Å²) in [4.78, 5) is 0. The van der Waals surface area contributed by atoms with Crippen molar-refractivity contribution in [3.05, 3.63) is 35.9 Å². The molecule has 5 fully saturated rings. The van der Waals surface area contributed by atoms with Crippen LogP contribution in [0.3, 0.4) is 0 Å². The predicted octanol–water partition coefficient (Wildman–Crippen LogP) is 4.64. The summed E-state index contributed by atoms with van der Waals surface area (Å²) in [5, 5.41) is 7.69. The molecule has 0 amide bonds. The molecule has 1 saturated heterocycles. The molecule has 26 heavy (non-hydrogen) atoms. The molecule has 5 aliphatic rings. The van der Waals surface area contributed by atoms with E-state index in [1.54, 1.807) is 5.56 Å². The fourth-order valence-corrected chi connectivity index (χ4v) is 8.07. The van der Waals surface area contributed by atoms with Crippen LogP contribution in [-0.2, 0) is 5.41 Å². The molecule has 1 heterocycles. The van der Waals surface area contributed by atoms with Gasteiger partial charge in [-0.15, -0.1) is 0 Å². The molecule has 2 nitrogen and oxygen atoms in total. The lowest BCUT2D eigenvalue weighted by Crippen LogP contribution is -2.49. The van der Waals surface area contributed by atoms with Gasteiger partial charge in [0.2, 0.25) is 0 Å². The molecule has 0 spiro atoms. The van der Waals surface area contributed by atoms with E-state index in [9.17, 15) is 0 Å². The van der Waals surface area contributed by atoms with Crippen LogP contribution in [0, 0.1) is 16.7 Å². The molecule has 4 unspecified atom stereocenters. The van der Waals surface area contributed by atoms with Crippen LogP contribution in [0.1, 0.15) is 70.8 Å². The zero-order chi connectivity index (χ0) is 17.8. The van der Waals surface area contributed by atoms with E-state index in [4.69, 9.17) is 0 Å². The second-order valence-corrected chi connectivity index (χ2v) is 10.3. The van der Waals surface area contributed by atoms with Crippen LogP contribution >= 0.6 is 0 Å². The predicted molar refractivity (Wildman–Crippen MR) is 108 cm³/mol. The number of nitrogens with one attached hydrogen (secondary N) is 2. The number of hydrogen-bond acceptors (Lipinski definition) is 2. The molecule has 1 aliphatic heterocycles. The quantitative estimate of drug-likeness (QED) is 0.806. The summed E-state index contributed by atoms with van der Waals surface area (Å²) in [6, 6.07) is 12.9. The summed E-state index contributed by atoms with van der Waals surface area (Å²) in [5.41, 5.74) is 3.26. The normalized spacial score (nSPS) is 46.8. The molecule has 6 atom stereocenters. The third kappa shape index (κ3) is 2.44. The maximum atomic E-state index is 4.09. The van der Waals surface area contributed by atoms with Gasteiger partial charge in [-0.2, -0.15) is 0 Å². The van der Waals surface area contributed by atoms with Crippen molar-refractivity contribution < 1.29 is 0 Å². The van der Waals surface area contributed by atoms with E-state index >= 15 is 0 Å². The van der Waals surface area contributed by atoms with Crippen molar-refractivity contribution in [1.82, 2.24) is 10.6 Å². The lowest BCUT2D eigenvalue weighted by atomic mass is 9.63. The van der Waals surface area contributed by atoms with Gasteiger partial charge < -0.3 is 10.6 Å². The standard InChI is InChI=1S/C24H36N2/c1-3-23-13-19-12-22(15-23,20-7-5-4-6-8-20)16-24(23,14-19)17-26-21-9-10-25-18(2)11-21/h4-8,18-19,21,25-26H,3,9-17H2,1-2H3/t18-,19?,21-,22?,23?,24?/m0/s1. The second kappa shape index (κ2) is 6.07. The van der Waals surface area contributed by atoms with Gasteiger partial charge in [-0.3, -0.25) is 0 Å². The van der Waals surface area contributed by atoms with Gasteiger partial charge in [0.1, 0.15) is 0 Å². The molecule has 1 aromatic rings. The van der Waals surface area contributed by atoms with Crippen molar-refractivity contribution in [3.8, 4) is 0 Å². The maximum absolute atomic E-state index is 4.09. The van der Waals surface area contributed by atoms with Crippen molar-refractivity contribution in [1.29, 1.82) is 0 Å². The largest absolute Gasteiger partial charge is 0.314 e. The molecule has 0 radical (unpaired) electrons. The van der Waals surface area contributed by atoms with E-state index in [1.165, 1.54) is 64.5 Å². The van der Waals surface area contributed by atoms with Crippen molar-refractivity contribution in [2.75, 3.05) is 13.1 Å². The van der Waals surface area contributed by atoms with Gasteiger partial charge in [0.15, 0.2) is 0 Å². The molecule has 1 aromatic carbocycles. The van der Waals surface area contributed by atoms with Crippen LogP contribution in [0.5, 0.6) is 0 Å². The Kier molecular flexibility index (Phi) is 4.03. The van der Waals surface area contributed by atoms with Crippen LogP contribution in [0.4, 0.5) is 0 Å². The summed E-state index contributed by atoms with van der Waals surface area (Å²) in [6.45, 7) is 7.27. The minimum Gasteiger partial charge on any atom is -0.314 e. The minimum atomic E-state index is 0.474. The maximum Gasteiger partial charge on any atom is 0.00940 e. The molecule has 6 rings (SSSR count). The third-order valence-corrected chi connectivity index (χ3v) is 8.93. The molecule has 4 aliphatic carbocycles. The Morgan fingerprint density at radius 3 is 2.62 bits per heavy atom. The molecular weight excluding hydrogens is 316 g/mol. The Balaban J connectivity index is 1.41. The summed E-state index contributed by atoms with van der Waals surface area (Å²) < 4.78 is 0. The molecule has 4 bridgehead atoms. The monoisotopic (exact) mass is 352 g/mol. The first-order valence-corrected chi connectivity index (χ1v) is 11.1. The van der Waals surface area contributed by atoms with Gasteiger partial charge in [-0.1, -0.05) is 37.3 Å².